The number of halogens is 5. The Labute approximate surface area is 205 Å². The van der Waals surface area contributed by atoms with E-state index in [1.807, 2.05) is 0 Å². The number of nitrogens with one attached hydrogen (secondary N) is 1. The van der Waals surface area contributed by atoms with Gasteiger partial charge in [0.2, 0.25) is 17.5 Å². The molecule has 0 bridgehead atoms. The second-order valence-corrected chi connectivity index (χ2v) is 8.02. The molecule has 3 rings (SSSR count). The van der Waals surface area contributed by atoms with Gasteiger partial charge in [-0.3, -0.25) is 19.2 Å². The Morgan fingerprint density at radius 1 is 1.06 bits per heavy atom. The predicted octanol–water partition coefficient (Wildman–Crippen LogP) is 3.21. The first-order valence-electron chi connectivity index (χ1n) is 10.3. The third kappa shape index (κ3) is 6.19. The Hall–Kier alpha value is -3.93. The summed E-state index contributed by atoms with van der Waals surface area (Å²) >= 11 is 5.91. The van der Waals surface area contributed by atoms with E-state index >= 15 is 0 Å². The molecule has 0 spiro atoms. The van der Waals surface area contributed by atoms with Gasteiger partial charge in [0.1, 0.15) is 13.2 Å². The van der Waals surface area contributed by atoms with Crippen LogP contribution in [0.3, 0.4) is 0 Å². The van der Waals surface area contributed by atoms with Crippen LogP contribution in [0.15, 0.2) is 41.3 Å². The van der Waals surface area contributed by atoms with Crippen molar-refractivity contribution >= 4 is 40.0 Å². The zero-order valence-corrected chi connectivity index (χ0v) is 19.0. The number of carboxylic acids is 1. The lowest BCUT2D eigenvalue weighted by molar-refractivity contribution is -0.138. The van der Waals surface area contributed by atoms with Crippen LogP contribution >= 0.6 is 11.6 Å². The van der Waals surface area contributed by atoms with Crippen molar-refractivity contribution in [1.29, 1.82) is 0 Å². The number of carboxylic acid groups (broad SMARTS) is 1. The van der Waals surface area contributed by atoms with Crippen LogP contribution in [-0.4, -0.2) is 40.0 Å². The first kappa shape index (κ1) is 26.7. The first-order chi connectivity index (χ1) is 17.0. The quantitative estimate of drug-likeness (QED) is 0.308. The zero-order chi connectivity index (χ0) is 26.6. The van der Waals surface area contributed by atoms with E-state index in [2.05, 4.69) is 10.1 Å². The Morgan fingerprint density at radius 2 is 1.72 bits per heavy atom. The number of hydrogen-bond donors (Lipinski definition) is 2. The second kappa shape index (κ2) is 11.2. The molecule has 8 nitrogen and oxygen atoms in total. The third-order valence-corrected chi connectivity index (χ3v) is 5.29. The normalized spacial score (nSPS) is 11.8. The van der Waals surface area contributed by atoms with E-state index in [1.54, 1.807) is 18.2 Å². The molecule has 0 aliphatic heterocycles. The molecule has 13 heteroatoms. The fourth-order valence-electron chi connectivity index (χ4n) is 3.27. The summed E-state index contributed by atoms with van der Waals surface area (Å²) in [7, 11) is 0. The molecule has 190 valence electrons. The number of aliphatic carboxylic acids is 1. The van der Waals surface area contributed by atoms with Crippen LogP contribution in [0, 0.1) is 23.3 Å². The number of aromatic nitrogens is 1. The number of amides is 1. The van der Waals surface area contributed by atoms with E-state index in [-0.39, 0.29) is 11.5 Å². The molecule has 1 aromatic heterocycles. The predicted molar refractivity (Wildman–Crippen MR) is 119 cm³/mol. The van der Waals surface area contributed by atoms with Crippen LogP contribution in [0.5, 0.6) is 5.75 Å². The molecular weight excluding hydrogens is 512 g/mol. The lowest BCUT2D eigenvalue weighted by atomic mass is 10.1. The van der Waals surface area contributed by atoms with E-state index in [4.69, 9.17) is 16.7 Å². The SMILES string of the molecule is O=C(O)CC[C@H](NC(=O)Cn1ccc2ccc(Cl)cc2c1=O)C(=O)COc1c(F)c(F)cc(F)c1F. The Balaban J connectivity index is 1.75. The molecule has 1 amide bonds. The minimum Gasteiger partial charge on any atom is -0.481 e. The van der Waals surface area contributed by atoms with E-state index < -0.39 is 84.3 Å². The number of carbonyl (C=O) groups excluding carboxylic acids is 2. The van der Waals surface area contributed by atoms with E-state index in [0.717, 1.165) is 4.57 Å². The van der Waals surface area contributed by atoms with E-state index in [0.29, 0.717) is 10.4 Å². The fraction of sp³-hybridized carbons (Fsp3) is 0.217. The van der Waals surface area contributed by atoms with E-state index in [9.17, 15) is 36.7 Å². The highest BCUT2D eigenvalue weighted by atomic mass is 35.5. The van der Waals surface area contributed by atoms with Gasteiger partial charge in [-0.25, -0.2) is 8.78 Å². The summed E-state index contributed by atoms with van der Waals surface area (Å²) in [6.07, 6.45) is 0.315. The van der Waals surface area contributed by atoms with Crippen molar-refractivity contribution < 1.29 is 41.8 Å². The number of fused-ring (bicyclic) bond motifs is 1. The van der Waals surface area contributed by atoms with Gasteiger partial charge in [-0.15, -0.1) is 0 Å². The van der Waals surface area contributed by atoms with Crippen molar-refractivity contribution in [3.05, 3.63) is 75.2 Å². The summed E-state index contributed by atoms with van der Waals surface area (Å²) < 4.78 is 59.9. The van der Waals surface area contributed by atoms with Gasteiger partial charge >= 0.3 is 5.97 Å². The number of ether oxygens (including phenoxy) is 1. The average molecular weight is 529 g/mol. The molecule has 3 aromatic rings. The number of Topliss-reactive ketones (excluding diaryl/α,β-unsaturated/α-hetero) is 1. The van der Waals surface area contributed by atoms with Crippen molar-refractivity contribution in [2.75, 3.05) is 6.61 Å². The van der Waals surface area contributed by atoms with Crippen molar-refractivity contribution in [1.82, 2.24) is 9.88 Å². The van der Waals surface area contributed by atoms with Crippen LogP contribution in [0.1, 0.15) is 12.8 Å². The zero-order valence-electron chi connectivity index (χ0n) is 18.2. The maximum atomic E-state index is 13.8. The molecule has 0 unspecified atom stereocenters. The fourth-order valence-corrected chi connectivity index (χ4v) is 3.45. The molecule has 0 fully saturated rings. The molecule has 0 saturated heterocycles. The summed E-state index contributed by atoms with van der Waals surface area (Å²) in [4.78, 5) is 48.7. The van der Waals surface area contributed by atoms with Gasteiger partial charge in [0, 0.05) is 29.1 Å². The smallest absolute Gasteiger partial charge is 0.303 e. The minimum absolute atomic E-state index is 0.0437. The van der Waals surface area contributed by atoms with Crippen LogP contribution in [-0.2, 0) is 20.9 Å². The number of pyridine rings is 1. The van der Waals surface area contributed by atoms with Crippen molar-refractivity contribution in [3.63, 3.8) is 0 Å². The largest absolute Gasteiger partial charge is 0.481 e. The summed E-state index contributed by atoms with van der Waals surface area (Å²) in [5.41, 5.74) is -0.555. The summed E-state index contributed by atoms with van der Waals surface area (Å²) in [5, 5.41) is 12.3. The lowest BCUT2D eigenvalue weighted by Crippen LogP contribution is -2.45. The molecule has 1 heterocycles. The number of carbonyl (C=O) groups is 3. The molecule has 1 atom stereocenters. The van der Waals surface area contributed by atoms with Gasteiger partial charge < -0.3 is 19.7 Å². The first-order valence-corrected chi connectivity index (χ1v) is 10.6. The average Bonchev–Trinajstić information content (AvgIpc) is 2.82. The van der Waals surface area contributed by atoms with Gasteiger partial charge in [-0.05, 0) is 30.0 Å². The van der Waals surface area contributed by atoms with Crippen LogP contribution < -0.4 is 15.6 Å². The maximum absolute atomic E-state index is 13.8. The van der Waals surface area contributed by atoms with Crippen LogP contribution in [0.25, 0.3) is 10.8 Å². The molecular formula is C23H17ClF4N2O6. The van der Waals surface area contributed by atoms with Crippen LogP contribution in [0.4, 0.5) is 17.6 Å². The maximum Gasteiger partial charge on any atom is 0.303 e. The van der Waals surface area contributed by atoms with E-state index in [1.165, 1.54) is 12.3 Å². The van der Waals surface area contributed by atoms with Gasteiger partial charge in [-0.2, -0.15) is 8.78 Å². The molecule has 0 radical (unpaired) electrons. The molecule has 0 aliphatic rings. The van der Waals surface area contributed by atoms with Gasteiger partial charge in [0.25, 0.3) is 5.56 Å². The minimum atomic E-state index is -1.87. The Bertz CT molecular complexity index is 1390. The third-order valence-electron chi connectivity index (χ3n) is 5.06. The number of benzene rings is 2. The number of rotatable bonds is 10. The Morgan fingerprint density at radius 3 is 2.36 bits per heavy atom. The van der Waals surface area contributed by atoms with Crippen molar-refractivity contribution in [2.24, 2.45) is 0 Å². The highest BCUT2D eigenvalue weighted by Crippen LogP contribution is 2.26. The highest BCUT2D eigenvalue weighted by Gasteiger charge is 2.26. The molecule has 0 aliphatic carbocycles. The lowest BCUT2D eigenvalue weighted by Gasteiger charge is -2.18. The summed E-state index contributed by atoms with van der Waals surface area (Å²) in [6, 6.07) is 4.61. The number of nitrogens with zero attached hydrogens (tertiary/aromatic N) is 1. The van der Waals surface area contributed by atoms with Crippen molar-refractivity contribution in [2.45, 2.75) is 25.4 Å². The molecule has 2 aromatic carbocycles. The number of ketones is 1. The van der Waals surface area contributed by atoms with Gasteiger partial charge in [-0.1, -0.05) is 17.7 Å². The van der Waals surface area contributed by atoms with Crippen LogP contribution in [0.2, 0.25) is 5.02 Å². The molecule has 0 saturated carbocycles. The standard InChI is InChI=1S/C23H17ClF4N2O6/c24-12-2-1-11-5-6-30(23(35)13(11)7-12)9-18(32)29-16(3-4-19(33)34)17(31)10-36-22-20(27)14(25)8-15(26)21(22)28/h1-2,5-8,16H,3-4,9-10H2,(H,29,32)(H,33,34)/t16-/m0/s1. The molecule has 2 N–H and O–H groups in total. The van der Waals surface area contributed by atoms with Gasteiger partial charge in [0.05, 0.1) is 6.04 Å². The number of hydrogen-bond acceptors (Lipinski definition) is 5. The second-order valence-electron chi connectivity index (χ2n) is 7.59. The topological polar surface area (TPSA) is 115 Å². The highest BCUT2D eigenvalue weighted by molar-refractivity contribution is 6.31. The Kier molecular flexibility index (Phi) is 8.30. The molecule has 36 heavy (non-hydrogen) atoms. The van der Waals surface area contributed by atoms with Crippen molar-refractivity contribution in [3.8, 4) is 5.75 Å². The van der Waals surface area contributed by atoms with Gasteiger partial charge in [0.15, 0.2) is 23.2 Å². The monoisotopic (exact) mass is 528 g/mol. The summed E-state index contributed by atoms with van der Waals surface area (Å²) in [5.74, 6) is -11.9. The summed E-state index contributed by atoms with van der Waals surface area (Å²) in [6.45, 7) is -1.70.